The lowest BCUT2D eigenvalue weighted by atomic mass is 10.4. The number of rotatable bonds is 2. The summed E-state index contributed by atoms with van der Waals surface area (Å²) in [7, 11) is 0. The number of hydrogen-bond acceptors (Lipinski definition) is 3. The van der Waals surface area contributed by atoms with E-state index in [9.17, 15) is 0 Å². The van der Waals surface area contributed by atoms with Crippen molar-refractivity contribution in [3.63, 3.8) is 0 Å². The van der Waals surface area contributed by atoms with Crippen molar-refractivity contribution in [1.82, 2.24) is 4.89 Å². The first kappa shape index (κ1) is 6.61. The predicted molar refractivity (Wildman–Crippen MR) is 37.2 cm³/mol. The molecule has 0 spiro atoms. The first-order valence-electron chi connectivity index (χ1n) is 2.54. The molecular formula is C6H7NOS. The van der Waals surface area contributed by atoms with Gasteiger partial charge < -0.3 is 5.21 Å². The van der Waals surface area contributed by atoms with Crippen LogP contribution in [0, 0.1) is 0 Å². The molecule has 0 aliphatic carbocycles. The molecule has 0 aromatic heterocycles. The molecule has 0 saturated heterocycles. The summed E-state index contributed by atoms with van der Waals surface area (Å²) in [5.41, 5.74) is 0. The highest BCUT2D eigenvalue weighted by Crippen LogP contribution is 2.10. The lowest BCUT2D eigenvalue weighted by Gasteiger charge is -1.93. The van der Waals surface area contributed by atoms with Gasteiger partial charge in [-0.3, -0.25) is 0 Å². The molecule has 2 nitrogen and oxygen atoms in total. The Bertz CT molecular complexity index is 166. The highest BCUT2D eigenvalue weighted by Gasteiger charge is 1.85. The largest absolute Gasteiger partial charge is 0.306 e. The van der Waals surface area contributed by atoms with Crippen LogP contribution in [-0.4, -0.2) is 5.21 Å². The van der Waals surface area contributed by atoms with Crippen LogP contribution in [0.5, 0.6) is 0 Å². The molecule has 0 radical (unpaired) electrons. The maximum atomic E-state index is 8.23. The summed E-state index contributed by atoms with van der Waals surface area (Å²) in [4.78, 5) is 3.00. The summed E-state index contributed by atoms with van der Waals surface area (Å²) in [6.45, 7) is 0. The zero-order valence-electron chi connectivity index (χ0n) is 4.74. The molecule has 0 amide bonds. The fourth-order valence-electron chi connectivity index (χ4n) is 0.541. The smallest absolute Gasteiger partial charge is 0.0249 e. The van der Waals surface area contributed by atoms with E-state index in [1.165, 1.54) is 11.9 Å². The van der Waals surface area contributed by atoms with Gasteiger partial charge in [0.2, 0.25) is 0 Å². The predicted octanol–water partition coefficient (Wildman–Crippen LogP) is 1.67. The molecule has 0 unspecified atom stereocenters. The summed E-state index contributed by atoms with van der Waals surface area (Å²) in [5, 5.41) is 8.23. The third-order valence-electron chi connectivity index (χ3n) is 0.907. The van der Waals surface area contributed by atoms with E-state index in [4.69, 9.17) is 5.21 Å². The first-order chi connectivity index (χ1) is 4.43. The Morgan fingerprint density at radius 2 is 1.89 bits per heavy atom. The summed E-state index contributed by atoms with van der Waals surface area (Å²) in [6, 6.07) is 9.59. The molecule has 0 saturated carbocycles. The molecular weight excluding hydrogens is 134 g/mol. The quantitative estimate of drug-likeness (QED) is 0.485. The van der Waals surface area contributed by atoms with Gasteiger partial charge in [-0.25, -0.2) is 0 Å². The Balaban J connectivity index is 2.61. The van der Waals surface area contributed by atoms with Crippen LogP contribution < -0.4 is 4.89 Å². The summed E-state index contributed by atoms with van der Waals surface area (Å²) in [6.07, 6.45) is 0. The van der Waals surface area contributed by atoms with Crippen molar-refractivity contribution in [3.05, 3.63) is 30.3 Å². The Hall–Kier alpha value is -0.510. The van der Waals surface area contributed by atoms with Crippen molar-refractivity contribution in [3.8, 4) is 0 Å². The van der Waals surface area contributed by atoms with Gasteiger partial charge in [-0.1, -0.05) is 18.2 Å². The van der Waals surface area contributed by atoms with E-state index in [0.29, 0.717) is 0 Å². The Labute approximate surface area is 58.0 Å². The second-order valence-corrected chi connectivity index (χ2v) is 2.36. The fourth-order valence-corrected chi connectivity index (χ4v) is 0.940. The molecule has 0 fully saturated rings. The zero-order valence-corrected chi connectivity index (χ0v) is 5.56. The van der Waals surface area contributed by atoms with E-state index < -0.39 is 0 Å². The van der Waals surface area contributed by atoms with Crippen LogP contribution in [0.3, 0.4) is 0 Å². The molecule has 0 bridgehead atoms. The van der Waals surface area contributed by atoms with Crippen molar-refractivity contribution in [2.24, 2.45) is 0 Å². The van der Waals surface area contributed by atoms with Gasteiger partial charge >= 0.3 is 0 Å². The van der Waals surface area contributed by atoms with Crippen LogP contribution in [0.4, 0.5) is 0 Å². The summed E-state index contributed by atoms with van der Waals surface area (Å²) in [5.74, 6) is 0. The summed E-state index contributed by atoms with van der Waals surface area (Å²) >= 11 is 1.18. The maximum Gasteiger partial charge on any atom is 0.0249 e. The van der Waals surface area contributed by atoms with Gasteiger partial charge in [-0.2, -0.15) is 0 Å². The monoisotopic (exact) mass is 141 g/mol. The second-order valence-electron chi connectivity index (χ2n) is 1.51. The van der Waals surface area contributed by atoms with Gasteiger partial charge in [-0.15, -0.1) is 4.89 Å². The van der Waals surface area contributed by atoms with E-state index in [1.807, 2.05) is 35.2 Å². The molecule has 1 aromatic carbocycles. The summed E-state index contributed by atoms with van der Waals surface area (Å²) < 4.78 is 0. The minimum absolute atomic E-state index is 1.00. The zero-order chi connectivity index (χ0) is 6.53. The van der Waals surface area contributed by atoms with E-state index in [2.05, 4.69) is 0 Å². The topological polar surface area (TPSA) is 32.3 Å². The van der Waals surface area contributed by atoms with Crippen LogP contribution >= 0.6 is 11.9 Å². The van der Waals surface area contributed by atoms with Crippen LogP contribution in [0.25, 0.3) is 0 Å². The lowest BCUT2D eigenvalue weighted by molar-refractivity contribution is 0.258. The molecule has 0 atom stereocenters. The average molecular weight is 141 g/mol. The molecule has 3 heteroatoms. The average Bonchev–Trinajstić information content (AvgIpc) is 1.91. The standard InChI is InChI=1S/C6H7NOS/c8-7-9-6-4-2-1-3-5-6/h1-5,7-8H. The molecule has 48 valence electrons. The van der Waals surface area contributed by atoms with E-state index >= 15 is 0 Å². The molecule has 1 aromatic rings. The van der Waals surface area contributed by atoms with Gasteiger partial charge in [0.1, 0.15) is 0 Å². The van der Waals surface area contributed by atoms with Crippen LogP contribution in [0.2, 0.25) is 0 Å². The number of hydrogen-bond donors (Lipinski definition) is 2. The normalized spacial score (nSPS) is 9.44. The Morgan fingerprint density at radius 3 is 2.44 bits per heavy atom. The SMILES string of the molecule is ONSc1ccccc1. The highest BCUT2D eigenvalue weighted by atomic mass is 32.2. The van der Waals surface area contributed by atoms with Gasteiger partial charge in [0.25, 0.3) is 0 Å². The van der Waals surface area contributed by atoms with Crippen LogP contribution in [-0.2, 0) is 0 Å². The van der Waals surface area contributed by atoms with Gasteiger partial charge in [0.15, 0.2) is 0 Å². The molecule has 2 N–H and O–H groups in total. The molecule has 0 aliphatic heterocycles. The fraction of sp³-hybridized carbons (Fsp3) is 0. The van der Waals surface area contributed by atoms with Crippen molar-refractivity contribution in [2.45, 2.75) is 4.90 Å². The van der Waals surface area contributed by atoms with E-state index in [-0.39, 0.29) is 0 Å². The minimum Gasteiger partial charge on any atom is -0.306 e. The van der Waals surface area contributed by atoms with Crippen molar-refractivity contribution < 1.29 is 5.21 Å². The first-order valence-corrected chi connectivity index (χ1v) is 3.36. The molecule has 1 rings (SSSR count). The highest BCUT2D eigenvalue weighted by molar-refractivity contribution is 7.97. The van der Waals surface area contributed by atoms with E-state index in [0.717, 1.165) is 4.90 Å². The van der Waals surface area contributed by atoms with Crippen molar-refractivity contribution >= 4 is 11.9 Å². The van der Waals surface area contributed by atoms with Gasteiger partial charge in [0.05, 0.1) is 0 Å². The third kappa shape index (κ3) is 2.05. The van der Waals surface area contributed by atoms with Crippen molar-refractivity contribution in [1.29, 1.82) is 0 Å². The Kier molecular flexibility index (Phi) is 2.57. The van der Waals surface area contributed by atoms with Crippen LogP contribution in [0.15, 0.2) is 35.2 Å². The minimum atomic E-state index is 1.00. The molecule has 0 heterocycles. The van der Waals surface area contributed by atoms with Gasteiger partial charge in [0, 0.05) is 4.90 Å². The number of benzene rings is 1. The molecule has 0 aliphatic rings. The third-order valence-corrected chi connectivity index (χ3v) is 1.51. The second kappa shape index (κ2) is 3.50. The maximum absolute atomic E-state index is 8.23. The lowest BCUT2D eigenvalue weighted by Crippen LogP contribution is -1.90. The van der Waals surface area contributed by atoms with Crippen molar-refractivity contribution in [2.75, 3.05) is 0 Å². The molecule has 9 heavy (non-hydrogen) atoms. The Morgan fingerprint density at radius 1 is 1.22 bits per heavy atom. The number of nitrogens with one attached hydrogen (secondary N) is 1. The van der Waals surface area contributed by atoms with E-state index in [1.54, 1.807) is 0 Å². The van der Waals surface area contributed by atoms with Crippen LogP contribution in [0.1, 0.15) is 0 Å². The van der Waals surface area contributed by atoms with Gasteiger partial charge in [-0.05, 0) is 24.1 Å².